The highest BCUT2D eigenvalue weighted by Crippen LogP contribution is 2.18. The van der Waals surface area contributed by atoms with Crippen molar-refractivity contribution in [3.63, 3.8) is 0 Å². The van der Waals surface area contributed by atoms with E-state index in [9.17, 15) is 28.8 Å². The molecule has 60 heavy (non-hydrogen) atoms. The van der Waals surface area contributed by atoms with Gasteiger partial charge in [-0.25, -0.2) is 0 Å². The summed E-state index contributed by atoms with van der Waals surface area (Å²) in [5.74, 6) is 2.96. The highest BCUT2D eigenvalue weighted by molar-refractivity contribution is 5.84. The molecule has 0 aliphatic carbocycles. The molecule has 3 N–H and O–H groups in total. The lowest BCUT2D eigenvalue weighted by atomic mass is 9.89. The third-order valence-electron chi connectivity index (χ3n) is 10.4. The number of carbonyl (C=O) groups excluding carboxylic acids is 6. The summed E-state index contributed by atoms with van der Waals surface area (Å²) in [6.45, 7) is 37.7. The number of carbonyl (C=O) groups is 6. The molecule has 0 heterocycles. The fourth-order valence-corrected chi connectivity index (χ4v) is 5.75. The fraction of sp³-hybridized carbons (Fsp3) is 0.882. The molecule has 0 unspecified atom stereocenters. The largest absolute Gasteiger partial charge is 0.320 e. The minimum absolute atomic E-state index is 0.130. The van der Waals surface area contributed by atoms with Crippen LogP contribution in [0.3, 0.4) is 0 Å². The molecule has 0 spiro atoms. The average molecular weight is 856 g/mol. The first kappa shape index (κ1) is 69.6. The number of hydrogen-bond acceptors (Lipinski definition) is 9. The fourth-order valence-electron chi connectivity index (χ4n) is 5.75. The maximum atomic E-state index is 11.0. The molecule has 0 saturated heterocycles. The van der Waals surface area contributed by atoms with E-state index in [2.05, 4.69) is 36.7 Å². The van der Waals surface area contributed by atoms with Crippen LogP contribution in [-0.2, 0) is 28.8 Å². The number of hydrogen-bond donors (Lipinski definition) is 3. The van der Waals surface area contributed by atoms with Crippen LogP contribution >= 0.6 is 0 Å². The topological polar surface area (TPSA) is 139 Å². The Morgan fingerprint density at radius 2 is 0.550 bits per heavy atom. The van der Waals surface area contributed by atoms with Crippen molar-refractivity contribution in [2.24, 2.45) is 34.0 Å². The third kappa shape index (κ3) is 50.3. The number of ketones is 6. The normalized spacial score (nSPS) is 12.3. The van der Waals surface area contributed by atoms with Crippen molar-refractivity contribution in [1.29, 1.82) is 0 Å². The summed E-state index contributed by atoms with van der Waals surface area (Å²) in [5, 5.41) is 9.31. The number of rotatable bonds is 24. The third-order valence-corrected chi connectivity index (χ3v) is 10.4. The van der Waals surface area contributed by atoms with Gasteiger partial charge < -0.3 is 16.0 Å². The molecule has 0 aliphatic rings. The van der Waals surface area contributed by atoms with E-state index in [4.69, 9.17) is 0 Å². The Kier molecular flexibility index (Phi) is 50.5. The highest BCUT2D eigenvalue weighted by atomic mass is 16.1. The highest BCUT2D eigenvalue weighted by Gasteiger charge is 2.19. The zero-order valence-electron chi connectivity index (χ0n) is 43.9. The van der Waals surface area contributed by atoms with Crippen LogP contribution in [0.1, 0.15) is 221 Å². The number of unbranched alkanes of at least 4 members (excludes halogenated alkanes) is 3. The standard InChI is InChI=1S/3C10H21NO.3C7H14O/c3*1-4-10(9(2)12)7-5-6-8-11-3;3*1-5-6(8)7(2,3)4/h3*10-11H,4-8H2,1-3H3;3*5H2,1-4H3/t3*10-;;;/m000.../s1. The summed E-state index contributed by atoms with van der Waals surface area (Å²) in [5.41, 5.74) is -0.391. The summed E-state index contributed by atoms with van der Waals surface area (Å²) in [4.78, 5) is 65.6. The van der Waals surface area contributed by atoms with Crippen LogP contribution in [-0.4, -0.2) is 75.5 Å². The van der Waals surface area contributed by atoms with E-state index in [0.29, 0.717) is 71.7 Å². The average Bonchev–Trinajstić information content (AvgIpc) is 3.16. The van der Waals surface area contributed by atoms with Crippen LogP contribution in [0.5, 0.6) is 0 Å². The van der Waals surface area contributed by atoms with Crippen molar-refractivity contribution in [2.75, 3.05) is 40.8 Å². The molecule has 0 aliphatic heterocycles. The molecular formula is C51H105N3O6. The smallest absolute Gasteiger partial charge is 0.137 e. The van der Waals surface area contributed by atoms with Crippen molar-refractivity contribution in [2.45, 2.75) is 221 Å². The Balaban J connectivity index is -0.000000147. The van der Waals surface area contributed by atoms with Gasteiger partial charge in [-0.1, -0.05) is 123 Å². The molecule has 0 saturated carbocycles. The lowest BCUT2D eigenvalue weighted by Gasteiger charge is -2.13. The van der Waals surface area contributed by atoms with E-state index in [1.54, 1.807) is 20.8 Å². The van der Waals surface area contributed by atoms with Crippen molar-refractivity contribution in [3.8, 4) is 0 Å². The summed E-state index contributed by atoms with van der Waals surface area (Å²) in [7, 11) is 5.88. The first-order chi connectivity index (χ1) is 27.6. The van der Waals surface area contributed by atoms with Gasteiger partial charge in [-0.05, 0) is 119 Å². The predicted octanol–water partition coefficient (Wildman–Crippen LogP) is 12.0. The van der Waals surface area contributed by atoms with Gasteiger partial charge in [0.2, 0.25) is 0 Å². The Morgan fingerprint density at radius 3 is 0.633 bits per heavy atom. The molecule has 0 aromatic heterocycles. The van der Waals surface area contributed by atoms with Gasteiger partial charge in [0.15, 0.2) is 0 Å². The van der Waals surface area contributed by atoms with Gasteiger partial charge in [0, 0.05) is 53.3 Å². The molecular weight excluding hydrogens is 751 g/mol. The second-order valence-corrected chi connectivity index (χ2v) is 19.0. The van der Waals surface area contributed by atoms with Crippen molar-refractivity contribution in [1.82, 2.24) is 16.0 Å². The van der Waals surface area contributed by atoms with E-state index >= 15 is 0 Å². The quantitative estimate of drug-likeness (QED) is 0.0810. The van der Waals surface area contributed by atoms with Crippen LogP contribution in [0.15, 0.2) is 0 Å². The summed E-state index contributed by atoms with van der Waals surface area (Å²) in [6.07, 6.45) is 15.2. The molecule has 3 atom stereocenters. The summed E-state index contributed by atoms with van der Waals surface area (Å²) in [6, 6.07) is 0. The molecule has 360 valence electrons. The maximum absolute atomic E-state index is 11.0. The van der Waals surface area contributed by atoms with Crippen molar-refractivity contribution < 1.29 is 28.8 Å². The molecule has 0 fully saturated rings. The van der Waals surface area contributed by atoms with Crippen LogP contribution in [0.25, 0.3) is 0 Å². The lowest BCUT2D eigenvalue weighted by Crippen LogP contribution is -2.18. The van der Waals surface area contributed by atoms with E-state index in [1.807, 2.05) is 104 Å². The SMILES string of the molecule is CCC(=O)C(C)(C)C.CCC(=O)C(C)(C)C.CCC(=O)C(C)(C)C.CC[C@@H](CCCCNC)C(C)=O.CC[C@@H](CCCCNC)C(C)=O.CC[C@@H](CCCCNC)C(C)=O. The molecule has 0 amide bonds. The van der Waals surface area contributed by atoms with E-state index in [-0.39, 0.29) is 16.2 Å². The first-order valence-corrected chi connectivity index (χ1v) is 23.7. The molecule has 0 aromatic carbocycles. The van der Waals surface area contributed by atoms with Crippen LogP contribution in [0.4, 0.5) is 0 Å². The van der Waals surface area contributed by atoms with E-state index in [1.165, 1.54) is 38.5 Å². The zero-order valence-corrected chi connectivity index (χ0v) is 43.9. The first-order valence-electron chi connectivity index (χ1n) is 23.7. The number of Topliss-reactive ketones (excluding diaryl/α,β-unsaturated/α-hetero) is 6. The second-order valence-electron chi connectivity index (χ2n) is 19.0. The molecule has 0 aromatic rings. The van der Waals surface area contributed by atoms with E-state index in [0.717, 1.165) is 58.2 Å². The van der Waals surface area contributed by atoms with Gasteiger partial charge in [-0.3, -0.25) is 28.8 Å². The summed E-state index contributed by atoms with van der Waals surface area (Å²) >= 11 is 0. The maximum Gasteiger partial charge on any atom is 0.137 e. The molecule has 9 heteroatoms. The lowest BCUT2D eigenvalue weighted by molar-refractivity contribution is -0.126. The van der Waals surface area contributed by atoms with Crippen LogP contribution in [0.2, 0.25) is 0 Å². The van der Waals surface area contributed by atoms with Crippen molar-refractivity contribution in [3.05, 3.63) is 0 Å². The predicted molar refractivity (Wildman–Crippen MR) is 261 cm³/mol. The van der Waals surface area contributed by atoms with Gasteiger partial charge in [0.25, 0.3) is 0 Å². The van der Waals surface area contributed by atoms with Gasteiger partial charge in [0.05, 0.1) is 0 Å². The van der Waals surface area contributed by atoms with Gasteiger partial charge in [-0.15, -0.1) is 0 Å². The second kappa shape index (κ2) is 43.5. The molecule has 0 rings (SSSR count). The minimum Gasteiger partial charge on any atom is -0.320 e. The summed E-state index contributed by atoms with van der Waals surface area (Å²) < 4.78 is 0. The Morgan fingerprint density at radius 1 is 0.367 bits per heavy atom. The molecule has 9 nitrogen and oxygen atoms in total. The monoisotopic (exact) mass is 856 g/mol. The Bertz CT molecular complexity index is 933. The Labute approximate surface area is 374 Å². The molecule has 0 radical (unpaired) electrons. The van der Waals surface area contributed by atoms with Gasteiger partial charge in [-0.2, -0.15) is 0 Å². The van der Waals surface area contributed by atoms with Crippen molar-refractivity contribution >= 4 is 34.7 Å². The Hall–Kier alpha value is -2.10. The minimum atomic E-state index is -0.130. The molecule has 0 bridgehead atoms. The van der Waals surface area contributed by atoms with E-state index < -0.39 is 0 Å². The number of nitrogens with one attached hydrogen (secondary N) is 3. The van der Waals surface area contributed by atoms with Crippen LogP contribution in [0, 0.1) is 34.0 Å². The van der Waals surface area contributed by atoms with Crippen LogP contribution < -0.4 is 16.0 Å². The zero-order chi connectivity index (χ0) is 48.5. The van der Waals surface area contributed by atoms with Gasteiger partial charge >= 0.3 is 0 Å². The van der Waals surface area contributed by atoms with Gasteiger partial charge in [0.1, 0.15) is 34.7 Å².